The number of ether oxygens (including phenoxy) is 2. The van der Waals surface area contributed by atoms with Crippen molar-refractivity contribution in [3.63, 3.8) is 0 Å². The second kappa shape index (κ2) is 12.0. The molecule has 2 bridgehead atoms. The molecule has 9 nitrogen and oxygen atoms in total. The van der Waals surface area contributed by atoms with Gasteiger partial charge in [0.15, 0.2) is 0 Å². The van der Waals surface area contributed by atoms with E-state index in [0.29, 0.717) is 35.7 Å². The predicted octanol–water partition coefficient (Wildman–Crippen LogP) is 4.76. The van der Waals surface area contributed by atoms with Gasteiger partial charge in [0.25, 0.3) is 0 Å². The van der Waals surface area contributed by atoms with Gasteiger partial charge in [-0.3, -0.25) is 14.4 Å². The van der Waals surface area contributed by atoms with Gasteiger partial charge in [-0.15, -0.1) is 0 Å². The first-order chi connectivity index (χ1) is 21.2. The van der Waals surface area contributed by atoms with Crippen LogP contribution >= 0.6 is 15.9 Å². The number of likely N-dealkylation sites (tertiary alicyclic amines) is 1. The van der Waals surface area contributed by atoms with Gasteiger partial charge in [0.1, 0.15) is 17.4 Å². The molecule has 0 saturated carbocycles. The molecule has 10 heteroatoms. The maximum atomic E-state index is 14.6. The van der Waals surface area contributed by atoms with E-state index in [2.05, 4.69) is 26.6 Å². The molecule has 0 radical (unpaired) electrons. The minimum absolute atomic E-state index is 0.262. The second-order valence-electron chi connectivity index (χ2n) is 11.7. The Hall–Kier alpha value is -3.73. The van der Waals surface area contributed by atoms with Crippen LogP contribution in [0.4, 0.5) is 11.4 Å². The Balaban J connectivity index is 1.40. The molecule has 0 aromatic heterocycles. The summed E-state index contributed by atoms with van der Waals surface area (Å²) in [6.45, 7) is 5.84. The van der Waals surface area contributed by atoms with Crippen LogP contribution in [0.2, 0.25) is 0 Å². The van der Waals surface area contributed by atoms with Crippen molar-refractivity contribution in [1.82, 2.24) is 4.90 Å². The lowest BCUT2D eigenvalue weighted by Crippen LogP contribution is -2.55. The molecule has 3 N–H and O–H groups in total. The van der Waals surface area contributed by atoms with Crippen molar-refractivity contribution in [2.24, 2.45) is 11.8 Å². The molecule has 7 atom stereocenters. The lowest BCUT2D eigenvalue weighted by atomic mass is 9.70. The Labute approximate surface area is 265 Å². The Bertz CT molecular complexity index is 1550. The van der Waals surface area contributed by atoms with Crippen LogP contribution in [0.5, 0.6) is 5.75 Å². The maximum absolute atomic E-state index is 14.6. The van der Waals surface area contributed by atoms with E-state index in [-0.39, 0.29) is 16.6 Å². The number of hydrogen-bond acceptors (Lipinski definition) is 6. The average Bonchev–Trinajstić information content (AvgIpc) is 3.61. The number of aliphatic hydroxyl groups excluding tert-OH is 1. The third kappa shape index (κ3) is 4.98. The van der Waals surface area contributed by atoms with Gasteiger partial charge in [0.05, 0.1) is 37.2 Å². The summed E-state index contributed by atoms with van der Waals surface area (Å²) in [6.07, 6.45) is -0.261. The van der Waals surface area contributed by atoms with E-state index < -0.39 is 48.1 Å². The van der Waals surface area contributed by atoms with E-state index in [1.165, 1.54) is 4.90 Å². The highest BCUT2D eigenvalue weighted by atomic mass is 79.9. The monoisotopic (exact) mass is 661 g/mol. The standard InChI is InChI=1S/C34H36BrN3O6/c1-4-43-23-15-13-22(14-16-23)36-31(40)26-27-33(42)38(25(18-39)21-11-6-5-7-12-21)30(34(27)17-24(35)29(26)44-34)32(41)37-28-19(2)9-8-10-20(28)3/h5-16,24-27,29-30,39H,4,17-18H2,1-3H3,(H,36,40)(H,37,41)/t24?,25-,26-,27+,29-,30?,34?/m1/s1. The maximum Gasteiger partial charge on any atom is 0.250 e. The van der Waals surface area contributed by atoms with Crippen molar-refractivity contribution in [2.75, 3.05) is 23.8 Å². The number of carbonyl (C=O) groups excluding carboxylic acids is 3. The second-order valence-corrected chi connectivity index (χ2v) is 12.9. The van der Waals surface area contributed by atoms with Crippen LogP contribution in [-0.2, 0) is 19.1 Å². The minimum Gasteiger partial charge on any atom is -0.494 e. The average molecular weight is 663 g/mol. The number of para-hydroxylation sites is 1. The Morgan fingerprint density at radius 3 is 2.34 bits per heavy atom. The summed E-state index contributed by atoms with van der Waals surface area (Å²) in [5.41, 5.74) is 2.40. The van der Waals surface area contributed by atoms with Crippen LogP contribution in [0, 0.1) is 25.7 Å². The Morgan fingerprint density at radius 1 is 1.02 bits per heavy atom. The number of aliphatic hydroxyl groups is 1. The molecule has 3 saturated heterocycles. The van der Waals surface area contributed by atoms with E-state index in [4.69, 9.17) is 9.47 Å². The summed E-state index contributed by atoms with van der Waals surface area (Å²) >= 11 is 3.72. The third-order valence-corrected chi connectivity index (χ3v) is 9.98. The highest BCUT2D eigenvalue weighted by Crippen LogP contribution is 2.61. The van der Waals surface area contributed by atoms with Gasteiger partial charge in [0.2, 0.25) is 17.7 Å². The van der Waals surface area contributed by atoms with Gasteiger partial charge in [-0.25, -0.2) is 0 Å². The van der Waals surface area contributed by atoms with Crippen LogP contribution in [0.15, 0.2) is 72.8 Å². The molecule has 0 aliphatic carbocycles. The number of hydrogen-bond donors (Lipinski definition) is 3. The van der Waals surface area contributed by atoms with Gasteiger partial charge in [-0.2, -0.15) is 0 Å². The first-order valence-electron chi connectivity index (χ1n) is 14.9. The van der Waals surface area contributed by atoms with Crippen LogP contribution in [0.3, 0.4) is 0 Å². The summed E-state index contributed by atoms with van der Waals surface area (Å²) in [6, 6.07) is 20.0. The zero-order valence-electron chi connectivity index (χ0n) is 24.8. The van der Waals surface area contributed by atoms with Crippen molar-refractivity contribution in [2.45, 2.75) is 55.8 Å². The topological polar surface area (TPSA) is 117 Å². The minimum atomic E-state index is -1.28. The molecule has 3 aliphatic heterocycles. The van der Waals surface area contributed by atoms with Crippen LogP contribution in [-0.4, -0.2) is 63.5 Å². The van der Waals surface area contributed by atoms with Gasteiger partial charge >= 0.3 is 0 Å². The van der Waals surface area contributed by atoms with Gasteiger partial charge < -0.3 is 30.1 Å². The van der Waals surface area contributed by atoms with Crippen LogP contribution in [0.1, 0.15) is 36.1 Å². The summed E-state index contributed by atoms with van der Waals surface area (Å²) in [5.74, 6) is -2.26. The number of carbonyl (C=O) groups is 3. The number of nitrogens with zero attached hydrogens (tertiary/aromatic N) is 1. The first kappa shape index (κ1) is 30.3. The number of anilines is 2. The lowest BCUT2D eigenvalue weighted by Gasteiger charge is -2.37. The molecule has 6 rings (SSSR count). The highest BCUT2D eigenvalue weighted by molar-refractivity contribution is 9.09. The largest absolute Gasteiger partial charge is 0.494 e. The fraction of sp³-hybridized carbons (Fsp3) is 0.382. The first-order valence-corrected chi connectivity index (χ1v) is 15.8. The fourth-order valence-electron chi connectivity index (χ4n) is 7.26. The number of halogens is 1. The third-order valence-electron chi connectivity index (χ3n) is 9.13. The number of rotatable bonds is 9. The zero-order valence-corrected chi connectivity index (χ0v) is 26.4. The number of nitrogens with one attached hydrogen (secondary N) is 2. The molecular formula is C34H36BrN3O6. The quantitative estimate of drug-likeness (QED) is 0.285. The number of alkyl halides is 1. The molecule has 44 heavy (non-hydrogen) atoms. The fourth-order valence-corrected chi connectivity index (χ4v) is 8.20. The van der Waals surface area contributed by atoms with E-state index >= 15 is 0 Å². The number of fused-ring (bicyclic) bond motifs is 1. The predicted molar refractivity (Wildman–Crippen MR) is 170 cm³/mol. The molecular weight excluding hydrogens is 626 g/mol. The molecule has 3 aliphatic rings. The molecule has 230 valence electrons. The molecule has 3 heterocycles. The van der Waals surface area contributed by atoms with E-state index in [0.717, 1.165) is 11.1 Å². The molecule has 3 aromatic carbocycles. The van der Waals surface area contributed by atoms with Crippen molar-refractivity contribution < 1.29 is 29.0 Å². The molecule has 3 aromatic rings. The van der Waals surface area contributed by atoms with Crippen molar-refractivity contribution in [3.8, 4) is 5.75 Å². The van der Waals surface area contributed by atoms with Crippen molar-refractivity contribution >= 4 is 45.0 Å². The summed E-state index contributed by atoms with van der Waals surface area (Å²) in [7, 11) is 0. The highest BCUT2D eigenvalue weighted by Gasteiger charge is 2.77. The Morgan fingerprint density at radius 2 is 1.70 bits per heavy atom. The SMILES string of the molecule is CCOc1ccc(NC(=O)[C@H]2[C@@H]3OC4(CC3Br)C(C(=O)Nc3c(C)cccc3C)N([C@H](CO)c3ccccc3)C(=O)[C@H]24)cc1. The van der Waals surface area contributed by atoms with E-state index in [1.807, 2.05) is 69.3 Å². The summed E-state index contributed by atoms with van der Waals surface area (Å²) in [4.78, 5) is 44.1. The van der Waals surface area contributed by atoms with E-state index in [9.17, 15) is 19.5 Å². The molecule has 3 unspecified atom stereocenters. The van der Waals surface area contributed by atoms with Gasteiger partial charge in [-0.1, -0.05) is 64.5 Å². The smallest absolute Gasteiger partial charge is 0.250 e. The number of amides is 3. The van der Waals surface area contributed by atoms with Crippen molar-refractivity contribution in [1.29, 1.82) is 0 Å². The number of aryl methyl sites for hydroxylation is 2. The lowest BCUT2D eigenvalue weighted by molar-refractivity contribution is -0.143. The molecule has 3 fully saturated rings. The normalized spacial score (nSPS) is 27.6. The molecule has 1 spiro atoms. The Kier molecular flexibility index (Phi) is 8.26. The van der Waals surface area contributed by atoms with Crippen LogP contribution < -0.4 is 15.4 Å². The molecule has 3 amide bonds. The van der Waals surface area contributed by atoms with Gasteiger partial charge in [0, 0.05) is 16.2 Å². The van der Waals surface area contributed by atoms with E-state index in [1.54, 1.807) is 24.3 Å². The van der Waals surface area contributed by atoms with Crippen LogP contribution in [0.25, 0.3) is 0 Å². The number of benzene rings is 3. The zero-order chi connectivity index (χ0) is 31.2. The van der Waals surface area contributed by atoms with Gasteiger partial charge in [-0.05, 0) is 68.1 Å². The van der Waals surface area contributed by atoms with Crippen molar-refractivity contribution in [3.05, 3.63) is 89.5 Å². The summed E-state index contributed by atoms with van der Waals surface area (Å²) in [5, 5.41) is 16.7. The summed E-state index contributed by atoms with van der Waals surface area (Å²) < 4.78 is 12.2.